The molecule has 1 aliphatic rings. The molecule has 0 aliphatic heterocycles. The zero-order valence-electron chi connectivity index (χ0n) is 8.14. The highest BCUT2D eigenvalue weighted by Gasteiger charge is 2.18. The van der Waals surface area contributed by atoms with Gasteiger partial charge in [0.05, 0.1) is 4.90 Å². The Balaban J connectivity index is 2.06. The molecular formula is C11H13NOS. The summed E-state index contributed by atoms with van der Waals surface area (Å²) in [5.41, 5.74) is 1.18. The summed E-state index contributed by atoms with van der Waals surface area (Å²) < 4.78 is 15.6. The summed E-state index contributed by atoms with van der Waals surface area (Å²) in [5, 5.41) is 0. The maximum atomic E-state index is 11.6. The number of hydrogen-bond acceptors (Lipinski definition) is 1. The van der Waals surface area contributed by atoms with Crippen molar-refractivity contribution in [3.05, 3.63) is 29.8 Å². The molecule has 0 heterocycles. The summed E-state index contributed by atoms with van der Waals surface area (Å²) in [4.78, 5) is 0.785. The summed E-state index contributed by atoms with van der Waals surface area (Å²) in [5.74, 6) is 0.587. The molecular weight excluding hydrogens is 194 g/mol. The topological polar surface area (TPSA) is 29.4 Å². The van der Waals surface area contributed by atoms with Crippen LogP contribution in [0.2, 0.25) is 0 Å². The SMILES string of the molecule is Cc1ccc(S(=O)N=CC2CC2)cc1. The van der Waals surface area contributed by atoms with Gasteiger partial charge >= 0.3 is 0 Å². The smallest absolute Gasteiger partial charge is 0.172 e. The van der Waals surface area contributed by atoms with Crippen LogP contribution >= 0.6 is 0 Å². The molecule has 1 aliphatic carbocycles. The zero-order valence-corrected chi connectivity index (χ0v) is 8.96. The molecule has 0 spiro atoms. The number of benzene rings is 1. The molecule has 0 bridgehead atoms. The van der Waals surface area contributed by atoms with E-state index in [2.05, 4.69) is 4.40 Å². The van der Waals surface area contributed by atoms with Gasteiger partial charge in [-0.05, 0) is 37.8 Å². The van der Waals surface area contributed by atoms with Crippen molar-refractivity contribution in [2.75, 3.05) is 0 Å². The molecule has 1 aromatic rings. The molecule has 2 nitrogen and oxygen atoms in total. The highest BCUT2D eigenvalue weighted by atomic mass is 32.2. The van der Waals surface area contributed by atoms with Crippen LogP contribution in [0.5, 0.6) is 0 Å². The van der Waals surface area contributed by atoms with E-state index in [9.17, 15) is 4.21 Å². The van der Waals surface area contributed by atoms with Crippen molar-refractivity contribution in [3.63, 3.8) is 0 Å². The second-order valence-electron chi connectivity index (χ2n) is 3.65. The predicted octanol–water partition coefficient (Wildman–Crippen LogP) is 2.50. The van der Waals surface area contributed by atoms with Crippen molar-refractivity contribution in [2.45, 2.75) is 24.7 Å². The van der Waals surface area contributed by atoms with Crippen LogP contribution in [0.4, 0.5) is 0 Å². The Hall–Kier alpha value is -0.960. The first-order chi connectivity index (χ1) is 6.75. The Morgan fingerprint density at radius 3 is 2.57 bits per heavy atom. The first-order valence-corrected chi connectivity index (χ1v) is 5.89. The molecule has 0 amide bonds. The molecule has 2 rings (SSSR count). The lowest BCUT2D eigenvalue weighted by Gasteiger charge is -1.96. The lowest BCUT2D eigenvalue weighted by atomic mass is 10.2. The summed E-state index contributed by atoms with van der Waals surface area (Å²) in [6, 6.07) is 7.66. The number of rotatable bonds is 3. The summed E-state index contributed by atoms with van der Waals surface area (Å²) in [6.07, 6.45) is 4.24. The van der Waals surface area contributed by atoms with Crippen molar-refractivity contribution in [1.29, 1.82) is 0 Å². The normalized spacial score (nSPS) is 18.6. The molecule has 0 radical (unpaired) electrons. The average molecular weight is 207 g/mol. The van der Waals surface area contributed by atoms with Gasteiger partial charge in [0.2, 0.25) is 0 Å². The minimum atomic E-state index is -1.20. The molecule has 0 N–H and O–H groups in total. The van der Waals surface area contributed by atoms with E-state index >= 15 is 0 Å². The second-order valence-corrected chi connectivity index (χ2v) is 4.83. The highest BCUT2D eigenvalue weighted by Crippen LogP contribution is 2.26. The Bertz CT molecular complexity index is 365. The maximum Gasteiger partial charge on any atom is 0.172 e. The molecule has 1 fully saturated rings. The van der Waals surface area contributed by atoms with E-state index in [1.165, 1.54) is 18.4 Å². The van der Waals surface area contributed by atoms with Crippen molar-refractivity contribution in [1.82, 2.24) is 0 Å². The molecule has 1 aromatic carbocycles. The third-order valence-electron chi connectivity index (χ3n) is 2.21. The molecule has 14 heavy (non-hydrogen) atoms. The highest BCUT2D eigenvalue weighted by molar-refractivity contribution is 7.83. The minimum absolute atomic E-state index is 0.587. The van der Waals surface area contributed by atoms with E-state index in [1.807, 2.05) is 37.4 Å². The monoisotopic (exact) mass is 207 g/mol. The Kier molecular flexibility index (Phi) is 2.77. The first kappa shape index (κ1) is 9.59. The largest absolute Gasteiger partial charge is 0.230 e. The third kappa shape index (κ3) is 2.51. The van der Waals surface area contributed by atoms with E-state index in [0.29, 0.717) is 5.92 Å². The van der Waals surface area contributed by atoms with Crippen LogP contribution in [0.1, 0.15) is 18.4 Å². The fraction of sp³-hybridized carbons (Fsp3) is 0.364. The number of hydrogen-bond donors (Lipinski definition) is 0. The van der Waals surface area contributed by atoms with Gasteiger partial charge in [-0.15, -0.1) is 0 Å². The van der Waals surface area contributed by atoms with E-state index in [1.54, 1.807) is 0 Å². The van der Waals surface area contributed by atoms with Gasteiger partial charge in [-0.1, -0.05) is 17.7 Å². The van der Waals surface area contributed by atoms with Gasteiger partial charge in [0.15, 0.2) is 11.0 Å². The van der Waals surface area contributed by atoms with Gasteiger partial charge in [0, 0.05) is 6.21 Å². The van der Waals surface area contributed by atoms with Crippen LogP contribution < -0.4 is 0 Å². The van der Waals surface area contributed by atoms with Crippen LogP contribution in [0.3, 0.4) is 0 Å². The first-order valence-electron chi connectivity index (χ1n) is 4.78. The van der Waals surface area contributed by atoms with Gasteiger partial charge in [-0.3, -0.25) is 0 Å². The van der Waals surface area contributed by atoms with Crippen molar-refractivity contribution in [3.8, 4) is 0 Å². The standard InChI is InChI=1S/C11H13NOS/c1-9-2-6-11(7-3-9)14(13)12-8-10-4-5-10/h2-3,6-8,10H,4-5H2,1H3. The molecule has 74 valence electrons. The van der Waals surface area contributed by atoms with Crippen LogP contribution in [-0.2, 0) is 11.0 Å². The van der Waals surface area contributed by atoms with Gasteiger partial charge < -0.3 is 0 Å². The average Bonchev–Trinajstić information content (AvgIpc) is 2.99. The minimum Gasteiger partial charge on any atom is -0.230 e. The van der Waals surface area contributed by atoms with E-state index in [-0.39, 0.29) is 0 Å². The van der Waals surface area contributed by atoms with E-state index in [4.69, 9.17) is 0 Å². The van der Waals surface area contributed by atoms with Gasteiger partial charge in [-0.25, -0.2) is 4.21 Å². The quantitative estimate of drug-likeness (QED) is 0.700. The maximum absolute atomic E-state index is 11.6. The Morgan fingerprint density at radius 2 is 2.00 bits per heavy atom. The third-order valence-corrected chi connectivity index (χ3v) is 3.20. The van der Waals surface area contributed by atoms with Gasteiger partial charge in [0.1, 0.15) is 0 Å². The van der Waals surface area contributed by atoms with Crippen molar-refractivity contribution >= 4 is 17.2 Å². The molecule has 0 saturated heterocycles. The fourth-order valence-electron chi connectivity index (χ4n) is 1.10. The van der Waals surface area contributed by atoms with E-state index in [0.717, 1.165) is 4.90 Å². The predicted molar refractivity (Wildman–Crippen MR) is 58.8 cm³/mol. The van der Waals surface area contributed by atoms with Crippen LogP contribution in [0.25, 0.3) is 0 Å². The Morgan fingerprint density at radius 1 is 1.36 bits per heavy atom. The van der Waals surface area contributed by atoms with Crippen LogP contribution in [-0.4, -0.2) is 10.4 Å². The lowest BCUT2D eigenvalue weighted by Crippen LogP contribution is -1.88. The fourth-order valence-corrected chi connectivity index (χ4v) is 1.88. The summed E-state index contributed by atoms with van der Waals surface area (Å²) in [6.45, 7) is 2.01. The molecule has 1 atom stereocenters. The molecule has 1 saturated carbocycles. The van der Waals surface area contributed by atoms with Gasteiger partial charge in [-0.2, -0.15) is 4.40 Å². The van der Waals surface area contributed by atoms with Crippen LogP contribution in [0.15, 0.2) is 33.6 Å². The number of aryl methyl sites for hydroxylation is 1. The summed E-state index contributed by atoms with van der Waals surface area (Å²) >= 11 is 0. The zero-order chi connectivity index (χ0) is 9.97. The van der Waals surface area contributed by atoms with Crippen molar-refractivity contribution in [2.24, 2.45) is 10.3 Å². The molecule has 3 heteroatoms. The van der Waals surface area contributed by atoms with Crippen molar-refractivity contribution < 1.29 is 4.21 Å². The van der Waals surface area contributed by atoms with E-state index < -0.39 is 11.0 Å². The van der Waals surface area contributed by atoms with Gasteiger partial charge in [0.25, 0.3) is 0 Å². The number of nitrogens with zero attached hydrogens (tertiary/aromatic N) is 1. The lowest BCUT2D eigenvalue weighted by molar-refractivity contribution is 0.684. The molecule has 1 unspecified atom stereocenters. The Labute approximate surface area is 86.7 Å². The second kappa shape index (κ2) is 4.05. The molecule has 0 aromatic heterocycles. The van der Waals surface area contributed by atoms with Crippen LogP contribution in [0, 0.1) is 12.8 Å². The summed E-state index contributed by atoms with van der Waals surface area (Å²) in [7, 11) is -1.20.